The number of hydrogen-bond acceptors (Lipinski definition) is 1. The maximum atomic E-state index is 5.82. The molecule has 0 spiro atoms. The average molecular weight is 147 g/mol. The third kappa shape index (κ3) is 2.20. The van der Waals surface area contributed by atoms with Gasteiger partial charge in [0.1, 0.15) is 0 Å². The van der Waals surface area contributed by atoms with Crippen LogP contribution in [-0.2, 0) is 0 Å². The topological polar surface area (TPSA) is 26.0 Å². The lowest BCUT2D eigenvalue weighted by molar-refractivity contribution is 0.909. The number of allylic oxidation sites excluding steroid dienone is 1. The first kappa shape index (κ1) is 8.02. The van der Waals surface area contributed by atoms with Gasteiger partial charge in [-0.15, -0.1) is 0 Å². The lowest BCUT2D eigenvalue weighted by Gasteiger charge is -2.04. The van der Waals surface area contributed by atoms with Gasteiger partial charge in [-0.1, -0.05) is 42.5 Å². The quantitative estimate of drug-likeness (QED) is 0.638. The van der Waals surface area contributed by atoms with Crippen LogP contribution in [0, 0.1) is 0 Å². The van der Waals surface area contributed by atoms with E-state index in [1.807, 2.05) is 49.4 Å². The molecule has 0 aliphatic rings. The lowest BCUT2D eigenvalue weighted by atomic mass is 10.1. The van der Waals surface area contributed by atoms with Crippen LogP contribution >= 0.6 is 0 Å². The summed E-state index contributed by atoms with van der Waals surface area (Å²) in [5.74, 6) is 0. The van der Waals surface area contributed by atoms with E-state index in [0.29, 0.717) is 0 Å². The molecule has 0 radical (unpaired) electrons. The molecule has 2 N–H and O–H groups in total. The Morgan fingerprint density at radius 2 is 1.91 bits per heavy atom. The minimum Gasteiger partial charge on any atom is -0.321 e. The summed E-state index contributed by atoms with van der Waals surface area (Å²) in [5, 5.41) is 0. The summed E-state index contributed by atoms with van der Waals surface area (Å²) < 4.78 is 0. The van der Waals surface area contributed by atoms with Gasteiger partial charge >= 0.3 is 0 Å². The second kappa shape index (κ2) is 3.94. The number of hydrogen-bond donors (Lipinski definition) is 1. The first-order chi connectivity index (χ1) is 5.34. The highest BCUT2D eigenvalue weighted by Gasteiger charge is 1.97. The van der Waals surface area contributed by atoms with Crippen molar-refractivity contribution in [1.29, 1.82) is 0 Å². The van der Waals surface area contributed by atoms with Gasteiger partial charge in [0.2, 0.25) is 0 Å². The zero-order valence-electron chi connectivity index (χ0n) is 6.70. The van der Waals surface area contributed by atoms with Crippen LogP contribution in [-0.4, -0.2) is 0 Å². The molecule has 0 bridgehead atoms. The summed E-state index contributed by atoms with van der Waals surface area (Å²) in [6, 6.07) is 10.1. The van der Waals surface area contributed by atoms with Crippen LogP contribution < -0.4 is 5.73 Å². The Morgan fingerprint density at radius 3 is 2.45 bits per heavy atom. The van der Waals surface area contributed by atoms with Gasteiger partial charge in [-0.3, -0.25) is 0 Å². The number of rotatable bonds is 2. The highest BCUT2D eigenvalue weighted by atomic mass is 14.6. The van der Waals surface area contributed by atoms with Crippen LogP contribution in [0.2, 0.25) is 0 Å². The molecule has 1 unspecified atom stereocenters. The molecule has 1 atom stereocenters. The Kier molecular flexibility index (Phi) is 2.87. The minimum atomic E-state index is 0.0428. The van der Waals surface area contributed by atoms with Gasteiger partial charge in [-0.25, -0.2) is 0 Å². The van der Waals surface area contributed by atoms with Crippen molar-refractivity contribution < 1.29 is 0 Å². The third-order valence-electron chi connectivity index (χ3n) is 1.58. The van der Waals surface area contributed by atoms with E-state index in [9.17, 15) is 0 Å². The summed E-state index contributed by atoms with van der Waals surface area (Å²) in [4.78, 5) is 0. The summed E-state index contributed by atoms with van der Waals surface area (Å²) in [5.41, 5.74) is 6.98. The van der Waals surface area contributed by atoms with Gasteiger partial charge in [0.25, 0.3) is 0 Å². The van der Waals surface area contributed by atoms with Gasteiger partial charge in [-0.05, 0) is 12.5 Å². The molecule has 0 aromatic heterocycles. The molecular formula is C10H13N. The van der Waals surface area contributed by atoms with Crippen LogP contribution in [0.15, 0.2) is 42.5 Å². The van der Waals surface area contributed by atoms with E-state index in [4.69, 9.17) is 5.73 Å². The molecule has 1 aromatic rings. The van der Waals surface area contributed by atoms with Crippen molar-refractivity contribution in [2.24, 2.45) is 5.73 Å². The minimum absolute atomic E-state index is 0.0428. The van der Waals surface area contributed by atoms with Crippen molar-refractivity contribution >= 4 is 0 Å². The first-order valence-electron chi connectivity index (χ1n) is 3.78. The van der Waals surface area contributed by atoms with E-state index in [1.165, 1.54) is 0 Å². The van der Waals surface area contributed by atoms with E-state index < -0.39 is 0 Å². The number of nitrogens with two attached hydrogens (primary N) is 1. The van der Waals surface area contributed by atoms with Crippen LogP contribution in [0.25, 0.3) is 0 Å². The van der Waals surface area contributed by atoms with E-state index >= 15 is 0 Å². The molecule has 0 fully saturated rings. The summed E-state index contributed by atoms with van der Waals surface area (Å²) >= 11 is 0. The first-order valence-corrected chi connectivity index (χ1v) is 3.78. The van der Waals surface area contributed by atoms with Crippen molar-refractivity contribution in [2.45, 2.75) is 13.0 Å². The maximum absolute atomic E-state index is 5.82. The van der Waals surface area contributed by atoms with Crippen LogP contribution in [0.4, 0.5) is 0 Å². The standard InChI is InChI=1S/C10H13N/c1-2-6-10(11)9-7-4-3-5-8-9/h2-8,10H,11H2,1H3/b6-2+. The molecule has 0 heterocycles. The Hall–Kier alpha value is -1.08. The fourth-order valence-electron chi connectivity index (χ4n) is 0.994. The summed E-state index contributed by atoms with van der Waals surface area (Å²) in [7, 11) is 0. The Morgan fingerprint density at radius 1 is 1.27 bits per heavy atom. The van der Waals surface area contributed by atoms with Crippen molar-refractivity contribution in [3.63, 3.8) is 0 Å². The molecular weight excluding hydrogens is 134 g/mol. The van der Waals surface area contributed by atoms with E-state index in [1.54, 1.807) is 0 Å². The van der Waals surface area contributed by atoms with Gasteiger partial charge in [0.05, 0.1) is 0 Å². The molecule has 0 aliphatic heterocycles. The molecule has 11 heavy (non-hydrogen) atoms. The van der Waals surface area contributed by atoms with Crippen molar-refractivity contribution in [3.05, 3.63) is 48.0 Å². The highest BCUT2D eigenvalue weighted by molar-refractivity contribution is 5.21. The average Bonchev–Trinajstić information content (AvgIpc) is 2.07. The molecule has 1 aromatic carbocycles. The monoisotopic (exact) mass is 147 g/mol. The smallest absolute Gasteiger partial charge is 0.0481 e. The molecule has 1 rings (SSSR count). The molecule has 0 saturated carbocycles. The SMILES string of the molecule is C/C=C/C(N)c1ccccc1. The Bertz CT molecular complexity index is 226. The van der Waals surface area contributed by atoms with Crippen molar-refractivity contribution in [1.82, 2.24) is 0 Å². The van der Waals surface area contributed by atoms with Crippen molar-refractivity contribution in [3.8, 4) is 0 Å². The van der Waals surface area contributed by atoms with Crippen LogP contribution in [0.1, 0.15) is 18.5 Å². The van der Waals surface area contributed by atoms with E-state index in [0.717, 1.165) is 5.56 Å². The van der Waals surface area contributed by atoms with Crippen LogP contribution in [0.3, 0.4) is 0 Å². The largest absolute Gasteiger partial charge is 0.321 e. The molecule has 1 heteroatoms. The Balaban J connectivity index is 2.76. The second-order valence-corrected chi connectivity index (χ2v) is 2.46. The van der Waals surface area contributed by atoms with Crippen molar-refractivity contribution in [2.75, 3.05) is 0 Å². The van der Waals surface area contributed by atoms with Crippen LogP contribution in [0.5, 0.6) is 0 Å². The normalized spacial score (nSPS) is 13.6. The zero-order chi connectivity index (χ0) is 8.10. The fraction of sp³-hybridized carbons (Fsp3) is 0.200. The van der Waals surface area contributed by atoms with Gasteiger partial charge in [0, 0.05) is 6.04 Å². The maximum Gasteiger partial charge on any atom is 0.0481 e. The Labute approximate surface area is 67.5 Å². The van der Waals surface area contributed by atoms with Gasteiger partial charge in [0.15, 0.2) is 0 Å². The number of benzene rings is 1. The molecule has 0 saturated heterocycles. The molecule has 0 amide bonds. The van der Waals surface area contributed by atoms with Gasteiger partial charge in [-0.2, -0.15) is 0 Å². The van der Waals surface area contributed by atoms with E-state index in [2.05, 4.69) is 0 Å². The van der Waals surface area contributed by atoms with E-state index in [-0.39, 0.29) is 6.04 Å². The summed E-state index contributed by atoms with van der Waals surface area (Å²) in [6.07, 6.45) is 3.95. The lowest BCUT2D eigenvalue weighted by Crippen LogP contribution is -2.05. The second-order valence-electron chi connectivity index (χ2n) is 2.46. The molecule has 1 nitrogen and oxygen atoms in total. The van der Waals surface area contributed by atoms with Gasteiger partial charge < -0.3 is 5.73 Å². The third-order valence-corrected chi connectivity index (χ3v) is 1.58. The zero-order valence-corrected chi connectivity index (χ0v) is 6.70. The fourth-order valence-corrected chi connectivity index (χ4v) is 0.994. The summed E-state index contributed by atoms with van der Waals surface area (Å²) in [6.45, 7) is 1.98. The predicted octanol–water partition coefficient (Wildman–Crippen LogP) is 2.26. The highest BCUT2D eigenvalue weighted by Crippen LogP contribution is 2.09. The molecule has 0 aliphatic carbocycles. The molecule has 58 valence electrons. The predicted molar refractivity (Wildman–Crippen MR) is 48.2 cm³/mol.